The summed E-state index contributed by atoms with van der Waals surface area (Å²) >= 11 is 0. The minimum absolute atomic E-state index is 0.891. The number of hydrogen-bond donors (Lipinski definition) is 0. The summed E-state index contributed by atoms with van der Waals surface area (Å²) in [4.78, 5) is 4.36. The number of imidazole rings is 1. The topological polar surface area (TPSA) is 17.8 Å². The molecule has 0 radical (unpaired) electrons. The van der Waals surface area contributed by atoms with Crippen LogP contribution in [0.25, 0.3) is 0 Å². The highest BCUT2D eigenvalue weighted by Gasteiger charge is 2.07. The molecule has 0 aliphatic carbocycles. The Morgan fingerprint density at radius 3 is 2.26 bits per heavy atom. The molecule has 0 aliphatic rings. The van der Waals surface area contributed by atoms with E-state index in [1.165, 1.54) is 33.5 Å². The molecule has 23 heavy (non-hydrogen) atoms. The van der Waals surface area contributed by atoms with Gasteiger partial charge in [-0.1, -0.05) is 48.0 Å². The van der Waals surface area contributed by atoms with Crippen molar-refractivity contribution in [2.75, 3.05) is 0 Å². The first-order chi connectivity index (χ1) is 11.1. The first-order valence-electron chi connectivity index (χ1n) is 8.23. The number of aryl methyl sites for hydroxylation is 4. The van der Waals surface area contributed by atoms with Crippen molar-refractivity contribution in [3.8, 4) is 0 Å². The van der Waals surface area contributed by atoms with Gasteiger partial charge in [0.2, 0.25) is 0 Å². The van der Waals surface area contributed by atoms with E-state index < -0.39 is 0 Å². The predicted octanol–water partition coefficient (Wildman–Crippen LogP) is 4.64. The van der Waals surface area contributed by atoms with Crippen LogP contribution in [0.2, 0.25) is 0 Å². The van der Waals surface area contributed by atoms with Gasteiger partial charge in [0, 0.05) is 18.4 Å². The third-order valence-electron chi connectivity index (χ3n) is 4.55. The van der Waals surface area contributed by atoms with Gasteiger partial charge >= 0.3 is 0 Å². The molecule has 0 spiro atoms. The average molecular weight is 304 g/mol. The van der Waals surface area contributed by atoms with E-state index in [1.807, 2.05) is 12.5 Å². The SMILES string of the molecule is Cc1ccc(Cn2cncc2CCc2c(C)cccc2C)cc1. The fourth-order valence-corrected chi connectivity index (χ4v) is 3.09. The smallest absolute Gasteiger partial charge is 0.0951 e. The molecule has 3 rings (SSSR count). The molecule has 0 bridgehead atoms. The Kier molecular flexibility index (Phi) is 4.61. The molecule has 0 aliphatic heterocycles. The van der Waals surface area contributed by atoms with Crippen molar-refractivity contribution in [3.05, 3.63) is 88.5 Å². The standard InChI is InChI=1S/C21H24N2/c1-16-7-9-19(10-8-16)14-23-15-22-13-20(23)11-12-21-17(2)5-4-6-18(21)3/h4-10,13,15H,11-12,14H2,1-3H3. The molecule has 2 aromatic carbocycles. The molecule has 3 aromatic rings. The van der Waals surface area contributed by atoms with Gasteiger partial charge in [-0.2, -0.15) is 0 Å². The maximum atomic E-state index is 4.36. The van der Waals surface area contributed by atoms with Crippen LogP contribution in [0.1, 0.15) is 33.5 Å². The summed E-state index contributed by atoms with van der Waals surface area (Å²) in [7, 11) is 0. The third-order valence-corrected chi connectivity index (χ3v) is 4.55. The number of rotatable bonds is 5. The highest BCUT2D eigenvalue weighted by Crippen LogP contribution is 2.17. The minimum Gasteiger partial charge on any atom is -0.330 e. The summed E-state index contributed by atoms with van der Waals surface area (Å²) in [5.41, 5.74) is 8.16. The zero-order valence-electron chi connectivity index (χ0n) is 14.2. The van der Waals surface area contributed by atoms with Crippen LogP contribution in [0.4, 0.5) is 0 Å². The monoisotopic (exact) mass is 304 g/mol. The van der Waals surface area contributed by atoms with Crippen LogP contribution in [-0.4, -0.2) is 9.55 Å². The lowest BCUT2D eigenvalue weighted by atomic mass is 9.98. The van der Waals surface area contributed by atoms with Gasteiger partial charge in [-0.05, 0) is 55.9 Å². The van der Waals surface area contributed by atoms with Crippen LogP contribution in [-0.2, 0) is 19.4 Å². The minimum atomic E-state index is 0.891. The molecule has 0 saturated carbocycles. The zero-order chi connectivity index (χ0) is 16.2. The molecule has 118 valence electrons. The molecule has 1 aromatic heterocycles. The molecule has 0 N–H and O–H groups in total. The second kappa shape index (κ2) is 6.82. The summed E-state index contributed by atoms with van der Waals surface area (Å²) < 4.78 is 2.26. The van der Waals surface area contributed by atoms with Crippen LogP contribution in [0.15, 0.2) is 55.0 Å². The van der Waals surface area contributed by atoms with Crippen LogP contribution < -0.4 is 0 Å². The first kappa shape index (κ1) is 15.5. The molecule has 0 saturated heterocycles. The maximum Gasteiger partial charge on any atom is 0.0951 e. The summed E-state index contributed by atoms with van der Waals surface area (Å²) in [6.45, 7) is 7.41. The fraction of sp³-hybridized carbons (Fsp3) is 0.286. The zero-order valence-corrected chi connectivity index (χ0v) is 14.2. The van der Waals surface area contributed by atoms with E-state index in [9.17, 15) is 0 Å². The van der Waals surface area contributed by atoms with E-state index in [4.69, 9.17) is 0 Å². The highest BCUT2D eigenvalue weighted by molar-refractivity contribution is 5.34. The lowest BCUT2D eigenvalue weighted by molar-refractivity contribution is 0.727. The second-order valence-electron chi connectivity index (χ2n) is 6.37. The van der Waals surface area contributed by atoms with Crippen molar-refractivity contribution < 1.29 is 0 Å². The Morgan fingerprint density at radius 2 is 1.57 bits per heavy atom. The fourth-order valence-electron chi connectivity index (χ4n) is 3.09. The van der Waals surface area contributed by atoms with Gasteiger partial charge in [-0.25, -0.2) is 4.98 Å². The van der Waals surface area contributed by atoms with Crippen molar-refractivity contribution in [1.82, 2.24) is 9.55 Å². The average Bonchev–Trinajstić information content (AvgIpc) is 2.96. The summed E-state index contributed by atoms with van der Waals surface area (Å²) in [5, 5.41) is 0. The predicted molar refractivity (Wildman–Crippen MR) is 95.8 cm³/mol. The number of nitrogens with zero attached hydrogens (tertiary/aromatic N) is 2. The highest BCUT2D eigenvalue weighted by atomic mass is 15.0. The van der Waals surface area contributed by atoms with Gasteiger partial charge in [-0.3, -0.25) is 0 Å². The van der Waals surface area contributed by atoms with Crippen molar-refractivity contribution in [3.63, 3.8) is 0 Å². The van der Waals surface area contributed by atoms with E-state index >= 15 is 0 Å². The normalized spacial score (nSPS) is 10.9. The molecule has 1 heterocycles. The van der Waals surface area contributed by atoms with E-state index in [1.54, 1.807) is 0 Å². The first-order valence-corrected chi connectivity index (χ1v) is 8.23. The van der Waals surface area contributed by atoms with E-state index in [-0.39, 0.29) is 0 Å². The molecule has 2 heteroatoms. The van der Waals surface area contributed by atoms with E-state index in [2.05, 4.69) is 72.8 Å². The Morgan fingerprint density at radius 1 is 0.870 bits per heavy atom. The van der Waals surface area contributed by atoms with Crippen LogP contribution in [0.5, 0.6) is 0 Å². The van der Waals surface area contributed by atoms with Gasteiger partial charge in [0.1, 0.15) is 0 Å². The van der Waals surface area contributed by atoms with Crippen LogP contribution in [0.3, 0.4) is 0 Å². The number of benzene rings is 2. The number of aromatic nitrogens is 2. The van der Waals surface area contributed by atoms with Gasteiger partial charge in [0.05, 0.1) is 6.33 Å². The third kappa shape index (κ3) is 3.70. The van der Waals surface area contributed by atoms with Gasteiger partial charge < -0.3 is 4.57 Å². The lowest BCUT2D eigenvalue weighted by Gasteiger charge is -2.12. The second-order valence-corrected chi connectivity index (χ2v) is 6.37. The van der Waals surface area contributed by atoms with E-state index in [0.29, 0.717) is 0 Å². The summed E-state index contributed by atoms with van der Waals surface area (Å²) in [5.74, 6) is 0. The van der Waals surface area contributed by atoms with Crippen molar-refractivity contribution in [1.29, 1.82) is 0 Å². The van der Waals surface area contributed by atoms with Gasteiger partial charge in [0.15, 0.2) is 0 Å². The van der Waals surface area contributed by atoms with Gasteiger partial charge in [0.25, 0.3) is 0 Å². The molecular weight excluding hydrogens is 280 g/mol. The molecule has 2 nitrogen and oxygen atoms in total. The quantitative estimate of drug-likeness (QED) is 0.671. The summed E-state index contributed by atoms with van der Waals surface area (Å²) in [6.07, 6.45) is 6.04. The lowest BCUT2D eigenvalue weighted by Crippen LogP contribution is -2.05. The van der Waals surface area contributed by atoms with Crippen molar-refractivity contribution in [2.45, 2.75) is 40.2 Å². The Bertz CT molecular complexity index is 762. The largest absolute Gasteiger partial charge is 0.330 e. The van der Waals surface area contributed by atoms with Crippen molar-refractivity contribution >= 4 is 0 Å². The molecule has 0 unspecified atom stereocenters. The number of hydrogen-bond acceptors (Lipinski definition) is 1. The van der Waals surface area contributed by atoms with Crippen molar-refractivity contribution in [2.24, 2.45) is 0 Å². The Labute approximate surface area is 138 Å². The molecular formula is C21H24N2. The van der Waals surface area contributed by atoms with Crippen LogP contribution in [0, 0.1) is 20.8 Å². The Hall–Kier alpha value is -2.35. The van der Waals surface area contributed by atoms with E-state index in [0.717, 1.165) is 19.4 Å². The Balaban J connectivity index is 1.72. The summed E-state index contributed by atoms with van der Waals surface area (Å²) in [6, 6.07) is 15.3. The van der Waals surface area contributed by atoms with Gasteiger partial charge in [-0.15, -0.1) is 0 Å². The molecule has 0 amide bonds. The molecule has 0 atom stereocenters. The maximum absolute atomic E-state index is 4.36. The molecule has 0 fully saturated rings. The van der Waals surface area contributed by atoms with Crippen LogP contribution >= 0.6 is 0 Å².